The standard InChI is InChI=1S/C32H48.2CH3.2ClH.Zr/c1-9-10-19-32(8,22-13-11-12-14-22)29-27-20-23(30(2,3)4)15-17-25(27)26-18-16-24(21-28(26)29)31(5,6)7;;;;;/h9,15-18,20-22,25-29H,1,10-14,19H2,2-8H3;2*1H3;2*1H;/q;2*-1;;;+4/p-2. The number of allylic oxidation sites excluding steroid dienone is 9. The molecule has 0 radical (unpaired) electrons. The third-order valence-electron chi connectivity index (χ3n) is 9.57. The zero-order valence-electron chi connectivity index (χ0n) is 25.2. The average Bonchev–Trinajstić information content (AvgIpc) is 3.43. The molecular weight excluding hydrogens is 571 g/mol. The van der Waals surface area contributed by atoms with E-state index in [0.29, 0.717) is 35.0 Å². The number of rotatable bonds is 5. The molecule has 5 atom stereocenters. The van der Waals surface area contributed by atoms with Gasteiger partial charge >= 0.3 is 37.9 Å². The van der Waals surface area contributed by atoms with E-state index in [9.17, 15) is 0 Å². The van der Waals surface area contributed by atoms with Crippen molar-refractivity contribution < 1.29 is 20.8 Å². The van der Waals surface area contributed by atoms with Gasteiger partial charge in [-0.05, 0) is 88.6 Å². The molecule has 208 valence electrons. The van der Waals surface area contributed by atoms with Crippen LogP contribution in [0, 0.1) is 66.6 Å². The Bertz CT molecular complexity index is 807. The summed E-state index contributed by atoms with van der Waals surface area (Å²) in [7, 11) is 9.87. The molecule has 0 aromatic heterocycles. The van der Waals surface area contributed by atoms with Gasteiger partial charge in [0.15, 0.2) is 0 Å². The fraction of sp³-hybridized carbons (Fsp3) is 0.647. The van der Waals surface area contributed by atoms with Crippen LogP contribution >= 0.6 is 17.0 Å². The van der Waals surface area contributed by atoms with Crippen molar-refractivity contribution in [1.82, 2.24) is 0 Å². The van der Waals surface area contributed by atoms with E-state index in [-0.39, 0.29) is 25.7 Å². The summed E-state index contributed by atoms with van der Waals surface area (Å²) in [6.07, 6.45) is 25.9. The predicted molar refractivity (Wildman–Crippen MR) is 165 cm³/mol. The molecule has 0 spiro atoms. The van der Waals surface area contributed by atoms with E-state index >= 15 is 0 Å². The molecule has 2 fully saturated rings. The molecule has 0 aliphatic heterocycles. The van der Waals surface area contributed by atoms with Crippen molar-refractivity contribution in [2.24, 2.45) is 51.8 Å². The van der Waals surface area contributed by atoms with Crippen LogP contribution in [0.15, 0.2) is 60.3 Å². The Kier molecular flexibility index (Phi) is 13.5. The Morgan fingerprint density at radius 2 is 1.22 bits per heavy atom. The van der Waals surface area contributed by atoms with Crippen LogP contribution < -0.4 is 0 Å². The van der Waals surface area contributed by atoms with Crippen LogP contribution in [-0.4, -0.2) is 0 Å². The molecule has 0 nitrogen and oxygen atoms in total. The van der Waals surface area contributed by atoms with E-state index in [0.717, 1.165) is 12.3 Å². The molecule has 4 rings (SSSR count). The van der Waals surface area contributed by atoms with E-state index in [4.69, 9.17) is 17.0 Å². The van der Waals surface area contributed by atoms with Gasteiger partial charge in [-0.25, -0.2) is 0 Å². The van der Waals surface area contributed by atoms with Crippen molar-refractivity contribution in [3.05, 3.63) is 75.1 Å². The minimum absolute atomic E-state index is 0. The summed E-state index contributed by atoms with van der Waals surface area (Å²) >= 11 is -0.826. The first-order valence-corrected chi connectivity index (χ1v) is 20.1. The van der Waals surface area contributed by atoms with Gasteiger partial charge in [-0.1, -0.05) is 104 Å². The molecule has 37 heavy (non-hydrogen) atoms. The van der Waals surface area contributed by atoms with Crippen molar-refractivity contribution in [2.45, 2.75) is 87.0 Å². The van der Waals surface area contributed by atoms with E-state index in [1.807, 2.05) is 0 Å². The molecule has 0 N–H and O–H groups in total. The molecule has 4 aliphatic carbocycles. The third-order valence-corrected chi connectivity index (χ3v) is 9.57. The molecule has 3 heteroatoms. The average molecular weight is 625 g/mol. The summed E-state index contributed by atoms with van der Waals surface area (Å²) in [4.78, 5) is 0. The molecule has 0 saturated heterocycles. The monoisotopic (exact) mass is 622 g/mol. The minimum atomic E-state index is -0.826. The normalized spacial score (nSPS) is 30.1. The SMILES string of the molecule is C=CCCC(C)(C1CCCC1)C1C2C=C(C(C)(C)C)C=CC2C2C=CC(C(C)(C)C)=CC21.[CH3-].[CH3-].[Cl][Zr+2][Cl]. The van der Waals surface area contributed by atoms with Crippen molar-refractivity contribution in [1.29, 1.82) is 0 Å². The summed E-state index contributed by atoms with van der Waals surface area (Å²) in [6.45, 7) is 21.1. The zero-order chi connectivity index (χ0) is 26.0. The van der Waals surface area contributed by atoms with Crippen LogP contribution in [0.5, 0.6) is 0 Å². The molecule has 2 saturated carbocycles. The number of hydrogen-bond donors (Lipinski definition) is 0. The van der Waals surface area contributed by atoms with Gasteiger partial charge in [0.1, 0.15) is 0 Å². The maximum absolute atomic E-state index is 4.93. The van der Waals surface area contributed by atoms with Crippen LogP contribution in [-0.2, 0) is 20.8 Å². The summed E-state index contributed by atoms with van der Waals surface area (Å²) in [5.74, 6) is 4.18. The zero-order valence-corrected chi connectivity index (χ0v) is 29.2. The first-order valence-electron chi connectivity index (χ1n) is 13.8. The van der Waals surface area contributed by atoms with Gasteiger partial charge in [-0.2, -0.15) is 0 Å². The molecule has 4 aliphatic rings. The summed E-state index contributed by atoms with van der Waals surface area (Å²) < 4.78 is 0. The Morgan fingerprint density at radius 1 is 0.811 bits per heavy atom. The first kappa shape index (κ1) is 35.2. The summed E-state index contributed by atoms with van der Waals surface area (Å²) in [5, 5.41) is 0. The third kappa shape index (κ3) is 7.67. The van der Waals surface area contributed by atoms with Gasteiger partial charge in [0.2, 0.25) is 0 Å². The topological polar surface area (TPSA) is 0 Å². The van der Waals surface area contributed by atoms with Gasteiger partial charge in [-0.3, -0.25) is 0 Å². The van der Waals surface area contributed by atoms with Gasteiger partial charge in [0.05, 0.1) is 0 Å². The quantitative estimate of drug-likeness (QED) is 0.211. The number of hydrogen-bond acceptors (Lipinski definition) is 0. The summed E-state index contributed by atoms with van der Waals surface area (Å²) in [6, 6.07) is 0. The second-order valence-electron chi connectivity index (χ2n) is 13.7. The Morgan fingerprint density at radius 3 is 1.57 bits per heavy atom. The molecule has 0 amide bonds. The van der Waals surface area contributed by atoms with Crippen molar-refractivity contribution in [3.63, 3.8) is 0 Å². The Hall–Kier alpha value is 0.163. The van der Waals surface area contributed by atoms with Crippen LogP contribution in [0.2, 0.25) is 0 Å². The molecule has 5 unspecified atom stereocenters. The molecule has 0 aromatic rings. The van der Waals surface area contributed by atoms with Crippen molar-refractivity contribution in [3.8, 4) is 0 Å². The van der Waals surface area contributed by atoms with Crippen molar-refractivity contribution in [2.75, 3.05) is 0 Å². The fourth-order valence-corrected chi connectivity index (χ4v) is 7.67. The van der Waals surface area contributed by atoms with Crippen LogP contribution in [0.1, 0.15) is 87.0 Å². The summed E-state index contributed by atoms with van der Waals surface area (Å²) in [5.41, 5.74) is 3.90. The Labute approximate surface area is 250 Å². The second-order valence-corrected chi connectivity index (χ2v) is 17.4. The van der Waals surface area contributed by atoms with E-state index < -0.39 is 20.8 Å². The first-order chi connectivity index (χ1) is 16.4. The molecule has 0 heterocycles. The van der Waals surface area contributed by atoms with Gasteiger partial charge in [-0.15, -0.1) is 6.58 Å². The van der Waals surface area contributed by atoms with Crippen LogP contribution in [0.3, 0.4) is 0 Å². The van der Waals surface area contributed by atoms with Crippen LogP contribution in [0.25, 0.3) is 0 Å². The van der Waals surface area contributed by atoms with Crippen molar-refractivity contribution >= 4 is 17.0 Å². The second kappa shape index (κ2) is 14.2. The van der Waals surface area contributed by atoms with E-state index in [1.54, 1.807) is 11.1 Å². The van der Waals surface area contributed by atoms with Gasteiger partial charge in [0.25, 0.3) is 0 Å². The Balaban J connectivity index is 0.00000131. The van der Waals surface area contributed by atoms with E-state index in [1.165, 1.54) is 32.1 Å². The maximum atomic E-state index is 4.93. The molecule has 0 aromatic carbocycles. The molecule has 0 bridgehead atoms. The fourth-order valence-electron chi connectivity index (χ4n) is 7.67. The van der Waals surface area contributed by atoms with E-state index in [2.05, 4.69) is 97.6 Å². The van der Waals surface area contributed by atoms with Crippen LogP contribution in [0.4, 0.5) is 0 Å². The number of halogens is 2. The van der Waals surface area contributed by atoms with Gasteiger partial charge in [0, 0.05) is 0 Å². The molecular formula is C34H54Cl2Zr. The number of fused-ring (bicyclic) bond motifs is 3. The predicted octanol–water partition coefficient (Wildman–Crippen LogP) is 11.6. The van der Waals surface area contributed by atoms with Gasteiger partial charge < -0.3 is 14.9 Å².